The molecule has 0 bridgehead atoms. The number of aryl methyl sites for hydroxylation is 1. The Morgan fingerprint density at radius 1 is 1.31 bits per heavy atom. The fourth-order valence-corrected chi connectivity index (χ4v) is 3.97. The first-order chi connectivity index (χ1) is 13.9. The van der Waals surface area contributed by atoms with Crippen LogP contribution in [0.25, 0.3) is 11.0 Å². The lowest BCUT2D eigenvalue weighted by Gasteiger charge is -2.22. The second-order valence-corrected chi connectivity index (χ2v) is 7.50. The maximum Gasteiger partial charge on any atom is 0.330 e. The molecule has 0 spiro atoms. The molecule has 2 aromatic heterocycles. The van der Waals surface area contributed by atoms with Crippen LogP contribution in [0.1, 0.15) is 30.1 Å². The maximum atomic E-state index is 13.2. The van der Waals surface area contributed by atoms with Crippen molar-refractivity contribution < 1.29 is 13.9 Å². The highest BCUT2D eigenvalue weighted by Gasteiger charge is 2.14. The second-order valence-electron chi connectivity index (χ2n) is 6.32. The summed E-state index contributed by atoms with van der Waals surface area (Å²) < 4.78 is 19.6. The molecule has 0 unspecified atom stereocenters. The summed E-state index contributed by atoms with van der Waals surface area (Å²) in [5, 5.41) is 0. The first kappa shape index (κ1) is 20.7. The van der Waals surface area contributed by atoms with Crippen molar-refractivity contribution in [1.82, 2.24) is 9.38 Å². The predicted octanol–water partition coefficient (Wildman–Crippen LogP) is 3.81. The van der Waals surface area contributed by atoms with Crippen LogP contribution in [0.2, 0.25) is 0 Å². The zero-order valence-corrected chi connectivity index (χ0v) is 17.3. The number of aromatic nitrogens is 2. The third-order valence-corrected chi connectivity index (χ3v) is 5.35. The van der Waals surface area contributed by atoms with Crippen molar-refractivity contribution in [2.24, 2.45) is 0 Å². The number of thiazole rings is 1. The van der Waals surface area contributed by atoms with Crippen LogP contribution in [0.5, 0.6) is 0 Å². The van der Waals surface area contributed by atoms with Crippen LogP contribution in [0.15, 0.2) is 41.2 Å². The minimum atomic E-state index is -0.457. The lowest BCUT2D eigenvalue weighted by Crippen LogP contribution is -2.24. The summed E-state index contributed by atoms with van der Waals surface area (Å²) in [5.74, 6) is -0.748. The van der Waals surface area contributed by atoms with E-state index in [0.717, 1.165) is 10.6 Å². The van der Waals surface area contributed by atoms with Crippen molar-refractivity contribution in [2.75, 3.05) is 18.1 Å². The molecule has 0 saturated carbocycles. The van der Waals surface area contributed by atoms with Crippen LogP contribution in [0, 0.1) is 12.7 Å². The van der Waals surface area contributed by atoms with Gasteiger partial charge < -0.3 is 9.64 Å². The number of carbonyl (C=O) groups is 1. The average molecular weight is 415 g/mol. The van der Waals surface area contributed by atoms with Crippen molar-refractivity contribution in [3.63, 3.8) is 0 Å². The van der Waals surface area contributed by atoms with Gasteiger partial charge in [0.05, 0.1) is 24.5 Å². The summed E-state index contributed by atoms with van der Waals surface area (Å²) in [5.41, 5.74) is 1.89. The van der Waals surface area contributed by atoms with Crippen molar-refractivity contribution in [3.8, 4) is 0 Å². The Kier molecular flexibility index (Phi) is 6.43. The number of hydrogen-bond acceptors (Lipinski definition) is 6. The summed E-state index contributed by atoms with van der Waals surface area (Å²) >= 11 is 1.38. The Hall–Kier alpha value is -3.00. The van der Waals surface area contributed by atoms with Gasteiger partial charge in [0.1, 0.15) is 5.82 Å². The van der Waals surface area contributed by atoms with E-state index in [1.54, 1.807) is 25.1 Å². The number of esters is 1. The van der Waals surface area contributed by atoms with Crippen molar-refractivity contribution in [3.05, 3.63) is 68.8 Å². The Bertz CT molecular complexity index is 1100. The molecule has 0 atom stereocenters. The van der Waals surface area contributed by atoms with Crippen LogP contribution in [-0.2, 0) is 16.1 Å². The highest BCUT2D eigenvalue weighted by atomic mass is 32.1. The fraction of sp³-hybridized carbons (Fsp3) is 0.286. The van der Waals surface area contributed by atoms with Crippen LogP contribution in [0.3, 0.4) is 0 Å². The van der Waals surface area contributed by atoms with Crippen LogP contribution >= 0.6 is 11.3 Å². The van der Waals surface area contributed by atoms with E-state index in [1.807, 2.05) is 18.7 Å². The van der Waals surface area contributed by atoms with E-state index in [2.05, 4.69) is 4.98 Å². The Morgan fingerprint density at radius 3 is 2.69 bits per heavy atom. The number of carbonyl (C=O) groups excluding carboxylic acids is 1. The standard InChI is InChI=1S/C21H22FN3O3S/c1-4-24(17-8-6-15(22)7-9-17)13-16-12-19(26)25-18(10-11-20(27)28-5-2)14(3)29-21(25)23-16/h6-12H,4-5,13H2,1-3H3. The SMILES string of the molecule is CCOC(=O)C=Cc1c(C)sc2nc(CN(CC)c3ccc(F)cc3)cc(=O)n12. The summed E-state index contributed by atoms with van der Waals surface area (Å²) in [6.45, 7) is 7.00. The first-order valence-corrected chi connectivity index (χ1v) is 10.1. The molecule has 8 heteroatoms. The monoisotopic (exact) mass is 415 g/mol. The second kappa shape index (κ2) is 9.00. The summed E-state index contributed by atoms with van der Waals surface area (Å²) in [7, 11) is 0. The highest BCUT2D eigenvalue weighted by Crippen LogP contribution is 2.22. The summed E-state index contributed by atoms with van der Waals surface area (Å²) in [6.07, 6.45) is 2.89. The number of ether oxygens (including phenoxy) is 1. The van der Waals surface area contributed by atoms with Gasteiger partial charge in [-0.2, -0.15) is 0 Å². The molecule has 6 nitrogen and oxygen atoms in total. The molecule has 0 aliphatic rings. The number of rotatable bonds is 7. The van der Waals surface area contributed by atoms with Crippen LogP contribution in [-0.4, -0.2) is 28.5 Å². The lowest BCUT2D eigenvalue weighted by molar-refractivity contribution is -0.137. The van der Waals surface area contributed by atoms with Gasteiger partial charge in [-0.15, -0.1) is 11.3 Å². The minimum Gasteiger partial charge on any atom is -0.463 e. The van der Waals surface area contributed by atoms with Crippen LogP contribution in [0.4, 0.5) is 10.1 Å². The molecule has 1 aromatic carbocycles. The molecule has 3 rings (SSSR count). The van der Waals surface area contributed by atoms with Gasteiger partial charge in [0.25, 0.3) is 5.56 Å². The van der Waals surface area contributed by atoms with E-state index >= 15 is 0 Å². The largest absolute Gasteiger partial charge is 0.463 e. The van der Waals surface area contributed by atoms with Gasteiger partial charge >= 0.3 is 5.97 Å². The van der Waals surface area contributed by atoms with Crippen molar-refractivity contribution >= 4 is 34.0 Å². The molecule has 29 heavy (non-hydrogen) atoms. The molecule has 0 aliphatic carbocycles. The normalized spacial score (nSPS) is 11.3. The zero-order chi connectivity index (χ0) is 21.0. The first-order valence-electron chi connectivity index (χ1n) is 9.30. The quantitative estimate of drug-likeness (QED) is 0.434. The number of fused-ring (bicyclic) bond motifs is 1. The number of halogens is 1. The van der Waals surface area contributed by atoms with Gasteiger partial charge in [0.15, 0.2) is 4.96 Å². The van der Waals surface area contributed by atoms with Gasteiger partial charge in [-0.1, -0.05) is 0 Å². The molecule has 0 amide bonds. The third kappa shape index (κ3) is 4.71. The summed E-state index contributed by atoms with van der Waals surface area (Å²) in [4.78, 5) is 32.4. The number of benzene rings is 1. The zero-order valence-electron chi connectivity index (χ0n) is 16.5. The molecular weight excluding hydrogens is 393 g/mol. The molecule has 0 radical (unpaired) electrons. The van der Waals surface area contributed by atoms with Crippen LogP contribution < -0.4 is 10.5 Å². The molecule has 0 N–H and O–H groups in total. The molecule has 0 fully saturated rings. The van der Waals surface area contributed by atoms with E-state index < -0.39 is 5.97 Å². The smallest absolute Gasteiger partial charge is 0.330 e. The molecular formula is C21H22FN3O3S. The average Bonchev–Trinajstić information content (AvgIpc) is 3.01. The predicted molar refractivity (Wildman–Crippen MR) is 113 cm³/mol. The van der Waals surface area contributed by atoms with E-state index in [9.17, 15) is 14.0 Å². The Morgan fingerprint density at radius 2 is 2.03 bits per heavy atom. The van der Waals surface area contributed by atoms with E-state index in [4.69, 9.17) is 4.74 Å². The molecule has 0 aliphatic heterocycles. The molecule has 0 saturated heterocycles. The number of hydrogen-bond donors (Lipinski definition) is 0. The minimum absolute atomic E-state index is 0.215. The van der Waals surface area contributed by atoms with Gasteiger partial charge in [-0.05, 0) is 51.1 Å². The fourth-order valence-electron chi connectivity index (χ4n) is 2.99. The summed E-state index contributed by atoms with van der Waals surface area (Å²) in [6, 6.07) is 7.73. The molecule has 3 aromatic rings. The van der Waals surface area contributed by atoms with E-state index in [-0.39, 0.29) is 11.4 Å². The van der Waals surface area contributed by atoms with E-state index in [1.165, 1.54) is 40.0 Å². The third-order valence-electron chi connectivity index (χ3n) is 4.38. The number of anilines is 1. The molecule has 2 heterocycles. The van der Waals surface area contributed by atoms with Gasteiger partial charge in [0.2, 0.25) is 0 Å². The topological polar surface area (TPSA) is 63.9 Å². The Labute approximate surface area is 171 Å². The lowest BCUT2D eigenvalue weighted by atomic mass is 10.2. The Balaban J connectivity index is 1.93. The highest BCUT2D eigenvalue weighted by molar-refractivity contribution is 7.17. The van der Waals surface area contributed by atoms with Gasteiger partial charge in [-0.3, -0.25) is 9.20 Å². The molecule has 152 valence electrons. The van der Waals surface area contributed by atoms with E-state index in [0.29, 0.717) is 36.0 Å². The van der Waals surface area contributed by atoms with Crippen molar-refractivity contribution in [1.29, 1.82) is 0 Å². The van der Waals surface area contributed by atoms with Crippen molar-refractivity contribution in [2.45, 2.75) is 27.3 Å². The van der Waals surface area contributed by atoms with Gasteiger partial charge in [0, 0.05) is 29.3 Å². The maximum absolute atomic E-state index is 13.2. The van der Waals surface area contributed by atoms with Gasteiger partial charge in [-0.25, -0.2) is 14.2 Å². The number of nitrogens with zero attached hydrogens (tertiary/aromatic N) is 3.